The molecule has 136 valence electrons. The normalized spacial score (nSPS) is 12.3. The van der Waals surface area contributed by atoms with Crippen LogP contribution in [0.15, 0.2) is 24.3 Å². The van der Waals surface area contributed by atoms with E-state index in [0.717, 1.165) is 22.7 Å². The van der Waals surface area contributed by atoms with E-state index in [0.29, 0.717) is 17.1 Å². The number of thiazole rings is 1. The Kier molecular flexibility index (Phi) is 5.79. The lowest BCUT2D eigenvalue weighted by Gasteiger charge is -2.20. The largest absolute Gasteiger partial charge is 0.416 e. The van der Waals surface area contributed by atoms with Crippen LogP contribution in [0.25, 0.3) is 10.6 Å². The predicted molar refractivity (Wildman–Crippen MR) is 93.6 cm³/mol. The van der Waals surface area contributed by atoms with E-state index < -0.39 is 17.2 Å². The number of hydrogen-bond acceptors (Lipinski definition) is 3. The lowest BCUT2D eigenvalue weighted by molar-refractivity contribution is -0.137. The first kappa shape index (κ1) is 19.7. The van der Waals surface area contributed by atoms with Crippen molar-refractivity contribution >= 4 is 28.8 Å². The summed E-state index contributed by atoms with van der Waals surface area (Å²) in [4.78, 5) is 17.3. The number of nitrogens with one attached hydrogen (secondary N) is 1. The van der Waals surface area contributed by atoms with E-state index in [1.54, 1.807) is 20.8 Å². The van der Waals surface area contributed by atoms with Crippen molar-refractivity contribution in [3.8, 4) is 10.6 Å². The van der Waals surface area contributed by atoms with Gasteiger partial charge in [0.1, 0.15) is 5.01 Å². The van der Waals surface area contributed by atoms with Crippen LogP contribution in [0.5, 0.6) is 0 Å². The highest BCUT2D eigenvalue weighted by molar-refractivity contribution is 7.15. The number of carbonyl (C=O) groups excluding carboxylic acids is 1. The van der Waals surface area contributed by atoms with Crippen molar-refractivity contribution in [3.63, 3.8) is 0 Å². The zero-order valence-electron chi connectivity index (χ0n) is 14.0. The molecule has 0 saturated heterocycles. The zero-order valence-corrected chi connectivity index (χ0v) is 15.6. The maximum Gasteiger partial charge on any atom is 0.416 e. The summed E-state index contributed by atoms with van der Waals surface area (Å²) in [7, 11) is 0. The molecule has 0 atom stereocenters. The molecule has 0 aliphatic carbocycles. The van der Waals surface area contributed by atoms with Crippen LogP contribution in [0.3, 0.4) is 0 Å². The molecule has 2 rings (SSSR count). The van der Waals surface area contributed by atoms with Crippen molar-refractivity contribution in [2.24, 2.45) is 5.41 Å². The Bertz CT molecular complexity index is 754. The third-order valence-electron chi connectivity index (χ3n) is 3.71. The summed E-state index contributed by atoms with van der Waals surface area (Å²) in [6, 6.07) is 4.88. The van der Waals surface area contributed by atoms with Gasteiger partial charge in [-0.25, -0.2) is 4.98 Å². The average Bonchev–Trinajstić information content (AvgIpc) is 2.92. The van der Waals surface area contributed by atoms with E-state index in [1.165, 1.54) is 23.5 Å². The summed E-state index contributed by atoms with van der Waals surface area (Å²) >= 11 is 7.13. The van der Waals surface area contributed by atoms with Gasteiger partial charge in [0.25, 0.3) is 0 Å². The number of carbonyl (C=O) groups is 1. The molecule has 0 fully saturated rings. The fourth-order valence-corrected chi connectivity index (χ4v) is 3.11. The molecule has 1 amide bonds. The molecule has 0 aliphatic heterocycles. The Balaban J connectivity index is 2.13. The van der Waals surface area contributed by atoms with Crippen molar-refractivity contribution in [2.75, 3.05) is 5.88 Å². The highest BCUT2D eigenvalue weighted by Gasteiger charge is 2.30. The average molecular weight is 391 g/mol. The second-order valence-electron chi connectivity index (χ2n) is 6.30. The fourth-order valence-electron chi connectivity index (χ4n) is 1.98. The van der Waals surface area contributed by atoms with E-state index in [-0.39, 0.29) is 11.8 Å². The van der Waals surface area contributed by atoms with E-state index in [4.69, 9.17) is 11.6 Å². The van der Waals surface area contributed by atoms with Crippen LogP contribution in [0.4, 0.5) is 13.2 Å². The second kappa shape index (κ2) is 7.33. The van der Waals surface area contributed by atoms with Gasteiger partial charge in [-0.2, -0.15) is 13.2 Å². The van der Waals surface area contributed by atoms with Gasteiger partial charge in [0.15, 0.2) is 0 Å². The van der Waals surface area contributed by atoms with Crippen LogP contribution in [-0.4, -0.2) is 16.8 Å². The fraction of sp³-hybridized carbons (Fsp3) is 0.412. The lowest BCUT2D eigenvalue weighted by Crippen LogP contribution is -2.37. The molecule has 0 radical (unpaired) electrons. The van der Waals surface area contributed by atoms with Gasteiger partial charge >= 0.3 is 6.18 Å². The van der Waals surface area contributed by atoms with Crippen molar-refractivity contribution in [3.05, 3.63) is 40.4 Å². The molecule has 1 N–H and O–H groups in total. The number of rotatable bonds is 5. The molecule has 1 heterocycles. The van der Waals surface area contributed by atoms with Gasteiger partial charge in [0, 0.05) is 16.3 Å². The van der Waals surface area contributed by atoms with Gasteiger partial charge in [-0.3, -0.25) is 4.79 Å². The minimum absolute atomic E-state index is 0.161. The Labute approximate surface area is 153 Å². The number of aromatic nitrogens is 1. The molecule has 0 saturated carbocycles. The Morgan fingerprint density at radius 2 is 1.84 bits per heavy atom. The number of halogens is 4. The van der Waals surface area contributed by atoms with Gasteiger partial charge in [-0.1, -0.05) is 12.1 Å². The number of alkyl halides is 4. The van der Waals surface area contributed by atoms with Crippen LogP contribution in [0.1, 0.15) is 30.0 Å². The molecule has 1 aromatic heterocycles. The number of amides is 1. The summed E-state index contributed by atoms with van der Waals surface area (Å²) in [5.41, 5.74) is -0.0138. The van der Waals surface area contributed by atoms with E-state index in [2.05, 4.69) is 10.3 Å². The third kappa shape index (κ3) is 4.73. The van der Waals surface area contributed by atoms with Crippen molar-refractivity contribution in [2.45, 2.75) is 33.5 Å². The lowest BCUT2D eigenvalue weighted by atomic mass is 9.95. The molecule has 0 aliphatic rings. The van der Waals surface area contributed by atoms with Gasteiger partial charge in [0.05, 0.1) is 23.2 Å². The van der Waals surface area contributed by atoms with Gasteiger partial charge in [0.2, 0.25) is 5.91 Å². The number of aryl methyl sites for hydroxylation is 1. The highest BCUT2D eigenvalue weighted by Crippen LogP contribution is 2.33. The molecule has 25 heavy (non-hydrogen) atoms. The SMILES string of the molecule is Cc1nc(-c2ccc(C(F)(F)F)cc2)sc1CNC(=O)C(C)(C)CCl. The predicted octanol–water partition coefficient (Wildman–Crippen LogP) is 5.02. The monoisotopic (exact) mass is 390 g/mol. The van der Waals surface area contributed by atoms with Crippen molar-refractivity contribution in [1.29, 1.82) is 0 Å². The Morgan fingerprint density at radius 3 is 2.36 bits per heavy atom. The molecule has 2 aromatic rings. The number of hydrogen-bond donors (Lipinski definition) is 1. The van der Waals surface area contributed by atoms with E-state index in [9.17, 15) is 18.0 Å². The van der Waals surface area contributed by atoms with Crippen LogP contribution in [-0.2, 0) is 17.5 Å². The highest BCUT2D eigenvalue weighted by atomic mass is 35.5. The Hall–Kier alpha value is -1.60. The Morgan fingerprint density at radius 1 is 1.24 bits per heavy atom. The molecule has 1 aromatic carbocycles. The van der Waals surface area contributed by atoms with Crippen LogP contribution >= 0.6 is 22.9 Å². The molecule has 3 nitrogen and oxygen atoms in total. The minimum atomic E-state index is -4.36. The second-order valence-corrected chi connectivity index (χ2v) is 7.65. The number of nitrogens with zero attached hydrogens (tertiary/aromatic N) is 1. The smallest absolute Gasteiger partial charge is 0.351 e. The summed E-state index contributed by atoms with van der Waals surface area (Å²) in [5.74, 6) is 0.0449. The summed E-state index contributed by atoms with van der Waals surface area (Å²) in [6.07, 6.45) is -4.36. The number of benzene rings is 1. The molecule has 0 spiro atoms. The van der Waals surface area contributed by atoms with E-state index in [1.807, 2.05) is 0 Å². The first-order valence-electron chi connectivity index (χ1n) is 7.53. The maximum absolute atomic E-state index is 12.6. The first-order valence-corrected chi connectivity index (χ1v) is 8.88. The molecule has 0 unspecified atom stereocenters. The first-order chi connectivity index (χ1) is 11.5. The summed E-state index contributed by atoms with van der Waals surface area (Å²) in [5, 5.41) is 3.44. The quantitative estimate of drug-likeness (QED) is 0.728. The van der Waals surface area contributed by atoms with E-state index >= 15 is 0 Å². The summed E-state index contributed by atoms with van der Waals surface area (Å²) in [6.45, 7) is 5.62. The van der Waals surface area contributed by atoms with Crippen LogP contribution in [0, 0.1) is 12.3 Å². The molecular weight excluding hydrogens is 373 g/mol. The maximum atomic E-state index is 12.6. The van der Waals surface area contributed by atoms with Crippen molar-refractivity contribution in [1.82, 2.24) is 10.3 Å². The van der Waals surface area contributed by atoms with Crippen molar-refractivity contribution < 1.29 is 18.0 Å². The summed E-state index contributed by atoms with van der Waals surface area (Å²) < 4.78 is 37.9. The third-order valence-corrected chi connectivity index (χ3v) is 5.58. The van der Waals surface area contributed by atoms with Gasteiger partial charge < -0.3 is 5.32 Å². The van der Waals surface area contributed by atoms with Crippen LogP contribution in [0.2, 0.25) is 0 Å². The topological polar surface area (TPSA) is 42.0 Å². The molecular formula is C17H18ClF3N2OS. The zero-order chi connectivity index (χ0) is 18.8. The molecule has 8 heteroatoms. The molecule has 0 bridgehead atoms. The van der Waals surface area contributed by atoms with Crippen LogP contribution < -0.4 is 5.32 Å². The van der Waals surface area contributed by atoms with Gasteiger partial charge in [-0.15, -0.1) is 22.9 Å². The minimum Gasteiger partial charge on any atom is -0.351 e. The standard InChI is InChI=1S/C17H18ClF3N2OS/c1-10-13(8-22-15(24)16(2,3)9-18)25-14(23-10)11-4-6-12(7-5-11)17(19,20)21/h4-7H,8-9H2,1-3H3,(H,22,24). The van der Waals surface area contributed by atoms with Gasteiger partial charge in [-0.05, 0) is 32.9 Å².